The van der Waals surface area contributed by atoms with Gasteiger partial charge in [0.05, 0.1) is 0 Å². The molecular formula is C13H20O. The van der Waals surface area contributed by atoms with Crippen LogP contribution in [0.1, 0.15) is 40.0 Å². The summed E-state index contributed by atoms with van der Waals surface area (Å²) >= 11 is 0. The number of allylic oxidation sites excluding steroid dienone is 3. The SMILES string of the molecule is C=C1CCCC(C)(C)C1/C=C(/C)C=O. The molecule has 0 amide bonds. The smallest absolute Gasteiger partial charge is 0.145 e. The average molecular weight is 192 g/mol. The van der Waals surface area contributed by atoms with Crippen molar-refractivity contribution in [2.24, 2.45) is 11.3 Å². The van der Waals surface area contributed by atoms with Crippen LogP contribution in [-0.4, -0.2) is 6.29 Å². The lowest BCUT2D eigenvalue weighted by molar-refractivity contribution is -0.104. The Morgan fingerprint density at radius 3 is 2.71 bits per heavy atom. The van der Waals surface area contributed by atoms with Crippen molar-refractivity contribution in [2.45, 2.75) is 40.0 Å². The van der Waals surface area contributed by atoms with Crippen LogP contribution in [-0.2, 0) is 4.79 Å². The summed E-state index contributed by atoms with van der Waals surface area (Å²) in [6.45, 7) is 10.5. The fraction of sp³-hybridized carbons (Fsp3) is 0.615. The summed E-state index contributed by atoms with van der Waals surface area (Å²) in [7, 11) is 0. The molecule has 1 aliphatic carbocycles. The van der Waals surface area contributed by atoms with Gasteiger partial charge in [0, 0.05) is 5.92 Å². The Balaban J connectivity index is 2.91. The summed E-state index contributed by atoms with van der Waals surface area (Å²) in [4.78, 5) is 10.6. The lowest BCUT2D eigenvalue weighted by Gasteiger charge is -2.38. The number of hydrogen-bond donors (Lipinski definition) is 0. The molecule has 0 radical (unpaired) electrons. The topological polar surface area (TPSA) is 17.1 Å². The molecule has 1 heteroatoms. The van der Waals surface area contributed by atoms with Gasteiger partial charge in [-0.25, -0.2) is 0 Å². The molecule has 1 unspecified atom stereocenters. The predicted octanol–water partition coefficient (Wildman–Crippen LogP) is 3.51. The van der Waals surface area contributed by atoms with E-state index in [4.69, 9.17) is 0 Å². The zero-order chi connectivity index (χ0) is 10.8. The van der Waals surface area contributed by atoms with E-state index in [1.807, 2.05) is 6.92 Å². The highest BCUT2D eigenvalue weighted by Gasteiger charge is 2.32. The van der Waals surface area contributed by atoms with E-state index >= 15 is 0 Å². The summed E-state index contributed by atoms with van der Waals surface area (Å²) in [5.41, 5.74) is 2.37. The van der Waals surface area contributed by atoms with E-state index in [0.717, 1.165) is 18.3 Å². The first-order chi connectivity index (χ1) is 6.47. The van der Waals surface area contributed by atoms with Crippen molar-refractivity contribution in [3.8, 4) is 0 Å². The first-order valence-corrected chi connectivity index (χ1v) is 5.28. The van der Waals surface area contributed by atoms with Crippen LogP contribution in [0.25, 0.3) is 0 Å². The molecule has 0 heterocycles. The summed E-state index contributed by atoms with van der Waals surface area (Å²) in [5.74, 6) is 0.376. The molecule has 0 saturated heterocycles. The molecule has 14 heavy (non-hydrogen) atoms. The van der Waals surface area contributed by atoms with E-state index in [-0.39, 0.29) is 5.41 Å². The fourth-order valence-corrected chi connectivity index (χ4v) is 2.28. The number of carbonyl (C=O) groups excluding carboxylic acids is 1. The van der Waals surface area contributed by atoms with Crippen molar-refractivity contribution >= 4 is 6.29 Å². The predicted molar refractivity (Wildman–Crippen MR) is 60.1 cm³/mol. The second kappa shape index (κ2) is 4.12. The third kappa shape index (κ3) is 2.34. The van der Waals surface area contributed by atoms with Crippen LogP contribution in [0.15, 0.2) is 23.8 Å². The highest BCUT2D eigenvalue weighted by Crippen LogP contribution is 2.44. The van der Waals surface area contributed by atoms with Crippen molar-refractivity contribution < 1.29 is 4.79 Å². The molecule has 0 N–H and O–H groups in total. The minimum Gasteiger partial charge on any atom is -0.298 e. The maximum atomic E-state index is 10.6. The third-order valence-corrected chi connectivity index (χ3v) is 3.22. The van der Waals surface area contributed by atoms with Crippen LogP contribution < -0.4 is 0 Å². The molecule has 0 aromatic heterocycles. The van der Waals surface area contributed by atoms with Crippen LogP contribution in [0.2, 0.25) is 0 Å². The number of hydrogen-bond acceptors (Lipinski definition) is 1. The second-order valence-corrected chi connectivity index (χ2v) is 5.01. The minimum absolute atomic E-state index is 0.263. The molecule has 0 spiro atoms. The van der Waals surface area contributed by atoms with Crippen LogP contribution >= 0.6 is 0 Å². The van der Waals surface area contributed by atoms with Gasteiger partial charge in [0.2, 0.25) is 0 Å². The molecule has 0 bridgehead atoms. The molecule has 1 rings (SSSR count). The van der Waals surface area contributed by atoms with E-state index in [1.165, 1.54) is 18.4 Å². The maximum absolute atomic E-state index is 10.6. The van der Waals surface area contributed by atoms with E-state index in [2.05, 4.69) is 26.5 Å². The second-order valence-electron chi connectivity index (χ2n) is 5.01. The summed E-state index contributed by atoms with van der Waals surface area (Å²) < 4.78 is 0. The van der Waals surface area contributed by atoms with E-state index in [1.54, 1.807) is 0 Å². The monoisotopic (exact) mass is 192 g/mol. The van der Waals surface area contributed by atoms with Gasteiger partial charge in [0.25, 0.3) is 0 Å². The molecule has 1 aliphatic rings. The number of carbonyl (C=O) groups is 1. The highest BCUT2D eigenvalue weighted by atomic mass is 16.1. The van der Waals surface area contributed by atoms with Crippen molar-refractivity contribution in [1.29, 1.82) is 0 Å². The van der Waals surface area contributed by atoms with Gasteiger partial charge < -0.3 is 0 Å². The molecule has 1 atom stereocenters. The normalized spacial score (nSPS) is 27.5. The lowest BCUT2D eigenvalue weighted by atomic mass is 9.66. The molecule has 0 aromatic carbocycles. The van der Waals surface area contributed by atoms with Crippen molar-refractivity contribution in [3.05, 3.63) is 23.8 Å². The number of aldehydes is 1. The van der Waals surface area contributed by atoms with Gasteiger partial charge in [-0.2, -0.15) is 0 Å². The largest absolute Gasteiger partial charge is 0.298 e. The summed E-state index contributed by atoms with van der Waals surface area (Å²) in [6.07, 6.45) is 6.57. The minimum atomic E-state index is 0.263. The highest BCUT2D eigenvalue weighted by molar-refractivity contribution is 5.72. The molecule has 1 fully saturated rings. The third-order valence-electron chi connectivity index (χ3n) is 3.22. The van der Waals surface area contributed by atoms with Gasteiger partial charge in [0.15, 0.2) is 0 Å². The Bertz CT molecular complexity index is 271. The van der Waals surface area contributed by atoms with Gasteiger partial charge in [-0.05, 0) is 37.2 Å². The molecule has 1 saturated carbocycles. The van der Waals surface area contributed by atoms with Crippen molar-refractivity contribution in [2.75, 3.05) is 0 Å². The Kier molecular flexibility index (Phi) is 3.30. The molecule has 78 valence electrons. The van der Waals surface area contributed by atoms with Crippen molar-refractivity contribution in [3.63, 3.8) is 0 Å². The zero-order valence-corrected chi connectivity index (χ0v) is 9.47. The van der Waals surface area contributed by atoms with E-state index in [0.29, 0.717) is 5.92 Å². The zero-order valence-electron chi connectivity index (χ0n) is 9.47. The molecule has 0 aliphatic heterocycles. The molecule has 1 nitrogen and oxygen atoms in total. The summed E-state index contributed by atoms with van der Waals surface area (Å²) in [5, 5.41) is 0. The Hall–Kier alpha value is -0.850. The van der Waals surface area contributed by atoms with Gasteiger partial charge in [-0.15, -0.1) is 0 Å². The average Bonchev–Trinajstić information content (AvgIpc) is 2.11. The van der Waals surface area contributed by atoms with E-state index < -0.39 is 0 Å². The van der Waals surface area contributed by atoms with Gasteiger partial charge >= 0.3 is 0 Å². The maximum Gasteiger partial charge on any atom is 0.145 e. The Morgan fingerprint density at radius 1 is 1.57 bits per heavy atom. The Morgan fingerprint density at radius 2 is 2.21 bits per heavy atom. The first kappa shape index (κ1) is 11.2. The van der Waals surface area contributed by atoms with Crippen LogP contribution in [0, 0.1) is 11.3 Å². The lowest BCUT2D eigenvalue weighted by Crippen LogP contribution is -2.28. The van der Waals surface area contributed by atoms with E-state index in [9.17, 15) is 4.79 Å². The van der Waals surface area contributed by atoms with Gasteiger partial charge in [-0.1, -0.05) is 32.1 Å². The van der Waals surface area contributed by atoms with Gasteiger partial charge in [0.1, 0.15) is 6.29 Å². The quantitative estimate of drug-likeness (QED) is 0.372. The molecular weight excluding hydrogens is 172 g/mol. The standard InChI is InChI=1S/C13H20O/c1-10(9-14)8-12-11(2)6-5-7-13(12,3)4/h8-9,12H,2,5-7H2,1,3-4H3/b10-8-. The van der Waals surface area contributed by atoms with Crippen LogP contribution in [0.4, 0.5) is 0 Å². The molecule has 0 aromatic rings. The van der Waals surface area contributed by atoms with Crippen LogP contribution in [0.5, 0.6) is 0 Å². The number of rotatable bonds is 2. The van der Waals surface area contributed by atoms with Gasteiger partial charge in [-0.3, -0.25) is 4.79 Å². The first-order valence-electron chi connectivity index (χ1n) is 5.28. The fourth-order valence-electron chi connectivity index (χ4n) is 2.28. The Labute approximate surface area is 86.9 Å². The van der Waals surface area contributed by atoms with Crippen molar-refractivity contribution in [1.82, 2.24) is 0 Å². The summed E-state index contributed by atoms with van der Waals surface area (Å²) in [6, 6.07) is 0. The van der Waals surface area contributed by atoms with Crippen LogP contribution in [0.3, 0.4) is 0 Å².